The lowest BCUT2D eigenvalue weighted by Crippen LogP contribution is -2.62. The Morgan fingerprint density at radius 1 is 0.330 bits per heavy atom. The zero-order valence-electron chi connectivity index (χ0n) is 65.7. The Balaban J connectivity index is 1.03. The highest BCUT2D eigenvalue weighted by Gasteiger charge is 2.47. The Morgan fingerprint density at radius 3 is 1.12 bits per heavy atom. The van der Waals surface area contributed by atoms with Crippen molar-refractivity contribution >= 4 is 107 Å². The lowest BCUT2D eigenvalue weighted by atomic mass is 9.33. The van der Waals surface area contributed by atoms with Gasteiger partial charge in [-0.05, 0) is 165 Å². The molecule has 12 aromatic carbocycles. The molecule has 0 spiro atoms. The van der Waals surface area contributed by atoms with Crippen LogP contribution in [0.1, 0.15) is 149 Å². The zero-order valence-corrected chi connectivity index (χ0v) is 65.7. The van der Waals surface area contributed by atoms with E-state index in [0.29, 0.717) is 6.54 Å². The first-order valence-electron chi connectivity index (χ1n) is 39.0. The fourth-order valence-corrected chi connectivity index (χ4v) is 17.5. The molecule has 0 amide bonds. The van der Waals surface area contributed by atoms with Gasteiger partial charge < -0.3 is 18.9 Å². The maximum absolute atomic E-state index is 5.41. The van der Waals surface area contributed by atoms with Crippen molar-refractivity contribution in [1.29, 1.82) is 0 Å². The average Bonchev–Trinajstić information content (AvgIpc) is 1.06. The Morgan fingerprint density at radius 2 is 0.706 bits per heavy atom. The van der Waals surface area contributed by atoms with Crippen molar-refractivity contribution in [1.82, 2.24) is 14.1 Å². The van der Waals surface area contributed by atoms with Gasteiger partial charge in [0.2, 0.25) is 0 Å². The largest absolute Gasteiger partial charge is 0.314 e. The summed E-state index contributed by atoms with van der Waals surface area (Å²) < 4.78 is 5.18. The Bertz CT molecular complexity index is 6000. The first kappa shape index (κ1) is 69.2. The second kappa shape index (κ2) is 25.6. The Hall–Kier alpha value is -11.5. The van der Waals surface area contributed by atoms with Crippen LogP contribution in [0.15, 0.2) is 290 Å². The van der Waals surface area contributed by atoms with E-state index in [0.717, 1.165) is 84.3 Å². The van der Waals surface area contributed by atoms with Crippen LogP contribution in [0, 0.1) is 0 Å². The van der Waals surface area contributed by atoms with Crippen LogP contribution in [-0.2, 0) is 27.1 Å². The van der Waals surface area contributed by atoms with E-state index in [9.17, 15) is 0 Å². The molecule has 0 N–H and O–H groups in total. The quantitative estimate of drug-likeness (QED) is 0.135. The van der Waals surface area contributed by atoms with E-state index in [1.165, 1.54) is 99.1 Å². The summed E-state index contributed by atoms with van der Waals surface area (Å²) in [5.41, 5.74) is 33.1. The minimum absolute atomic E-state index is 0.0691. The third-order valence-corrected chi connectivity index (χ3v) is 23.6. The van der Waals surface area contributed by atoms with Crippen molar-refractivity contribution in [3.05, 3.63) is 324 Å². The van der Waals surface area contributed by atoms with E-state index < -0.39 is 0 Å². The van der Waals surface area contributed by atoms with Crippen LogP contribution in [0.4, 0.5) is 28.4 Å². The van der Waals surface area contributed by atoms with E-state index >= 15 is 0 Å². The normalized spacial score (nSPS) is 14.7. The minimum atomic E-state index is -0.283. The molecule has 0 saturated heterocycles. The topological polar surface area (TPSA) is 41.6 Å². The highest BCUT2D eigenvalue weighted by atomic mass is 15.2. The van der Waals surface area contributed by atoms with E-state index in [2.05, 4.69) is 408 Å². The molecule has 15 aromatic rings. The number of dihydropyridines is 1. The SMILES string of the molecule is CC(C)(C)c1ccc(-c2cc3c4c(c2)N(c2c(-c5ccccc5)cncc2-c2ccccc2)c2cc(-n5c6cc(C(C)(C)C)ccc6c6ccc(C(C)(C)C)cc65)ccc2B4c2ccc(-n4c5cc(C(C)(C)C)ccc5c5ccc(C(C)(C)C)cc54)cc2N3C2=C(c3ccccc3)C=NCC2c2ccccc2)cc1. The van der Waals surface area contributed by atoms with Gasteiger partial charge in [0.15, 0.2) is 0 Å². The van der Waals surface area contributed by atoms with E-state index in [4.69, 9.17) is 9.98 Å². The number of nitrogens with zero attached hydrogens (tertiary/aromatic N) is 6. The van der Waals surface area contributed by atoms with Crippen LogP contribution >= 0.6 is 0 Å². The number of allylic oxidation sites excluding steroid dienone is 1. The first-order chi connectivity index (χ1) is 52.2. The summed E-state index contributed by atoms with van der Waals surface area (Å²) in [5.74, 6) is -0.162. The third-order valence-electron chi connectivity index (χ3n) is 23.6. The molecule has 1 atom stereocenters. The molecule has 536 valence electrons. The number of rotatable bonds is 9. The molecule has 6 nitrogen and oxygen atoms in total. The van der Waals surface area contributed by atoms with E-state index in [1.54, 1.807) is 0 Å². The summed E-state index contributed by atoms with van der Waals surface area (Å²) in [7, 11) is 0. The zero-order chi connectivity index (χ0) is 75.4. The lowest BCUT2D eigenvalue weighted by molar-refractivity contribution is 0.590. The fourth-order valence-electron chi connectivity index (χ4n) is 17.5. The van der Waals surface area contributed by atoms with Crippen molar-refractivity contribution in [2.45, 2.75) is 137 Å². The maximum atomic E-state index is 5.41. The molecule has 109 heavy (non-hydrogen) atoms. The monoisotopic (exact) mass is 1410 g/mol. The number of pyridine rings is 1. The van der Waals surface area contributed by atoms with Crippen LogP contribution in [0.5, 0.6) is 0 Å². The van der Waals surface area contributed by atoms with Gasteiger partial charge in [0.05, 0.1) is 34.3 Å². The van der Waals surface area contributed by atoms with Gasteiger partial charge in [0, 0.05) is 103 Å². The van der Waals surface area contributed by atoms with Gasteiger partial charge in [-0.25, -0.2) is 0 Å². The third kappa shape index (κ3) is 11.8. The molecule has 0 fully saturated rings. The summed E-state index contributed by atoms with van der Waals surface area (Å²) in [6.07, 6.45) is 6.40. The predicted octanol–water partition coefficient (Wildman–Crippen LogP) is 24.8. The molecular weight excluding hydrogens is 1320 g/mol. The van der Waals surface area contributed by atoms with Gasteiger partial charge in [0.25, 0.3) is 6.71 Å². The summed E-state index contributed by atoms with van der Waals surface area (Å²) in [6, 6.07) is 103. The number of benzene rings is 12. The van der Waals surface area contributed by atoms with Crippen molar-refractivity contribution in [3.63, 3.8) is 0 Å². The van der Waals surface area contributed by atoms with Gasteiger partial charge >= 0.3 is 0 Å². The Kier molecular flexibility index (Phi) is 16.2. The molecule has 18 rings (SSSR count). The van der Waals surface area contributed by atoms with Crippen molar-refractivity contribution in [3.8, 4) is 44.8 Å². The maximum Gasteiger partial charge on any atom is 0.252 e. The highest BCUT2D eigenvalue weighted by Crippen LogP contribution is 2.54. The molecule has 0 radical (unpaired) electrons. The van der Waals surface area contributed by atoms with Gasteiger partial charge in [-0.3, -0.25) is 9.98 Å². The van der Waals surface area contributed by atoms with Gasteiger partial charge in [-0.2, -0.15) is 0 Å². The fraction of sp³-hybridized carbons (Fsp3) is 0.216. The van der Waals surface area contributed by atoms with Crippen LogP contribution in [0.2, 0.25) is 0 Å². The van der Waals surface area contributed by atoms with Crippen LogP contribution in [0.25, 0.3) is 93.9 Å². The van der Waals surface area contributed by atoms with Crippen molar-refractivity contribution < 1.29 is 0 Å². The molecule has 7 heteroatoms. The molecule has 3 aliphatic heterocycles. The number of hydrogen-bond acceptors (Lipinski definition) is 4. The summed E-state index contributed by atoms with van der Waals surface area (Å²) in [6.45, 7) is 35.3. The molecule has 0 bridgehead atoms. The minimum Gasteiger partial charge on any atom is -0.314 e. The van der Waals surface area contributed by atoms with Gasteiger partial charge in [-0.15, -0.1) is 0 Å². The van der Waals surface area contributed by atoms with Gasteiger partial charge in [-0.1, -0.05) is 310 Å². The molecule has 1 unspecified atom stereocenters. The molecule has 0 saturated carbocycles. The first-order valence-corrected chi connectivity index (χ1v) is 39.0. The van der Waals surface area contributed by atoms with Crippen molar-refractivity contribution in [2.75, 3.05) is 16.3 Å². The van der Waals surface area contributed by atoms with Crippen molar-refractivity contribution in [2.24, 2.45) is 4.99 Å². The van der Waals surface area contributed by atoms with E-state index in [-0.39, 0.29) is 39.7 Å². The molecule has 0 aliphatic carbocycles. The smallest absolute Gasteiger partial charge is 0.252 e. The number of fused-ring (bicyclic) bond motifs is 10. The predicted molar refractivity (Wildman–Crippen MR) is 467 cm³/mol. The molecular formula is C102H95BN6. The summed E-state index contributed by atoms with van der Waals surface area (Å²) in [4.78, 5) is 16.1. The lowest BCUT2D eigenvalue weighted by Gasteiger charge is -2.47. The van der Waals surface area contributed by atoms with Crippen LogP contribution in [-0.4, -0.2) is 33.6 Å². The average molecular weight is 1420 g/mol. The number of hydrogen-bond donors (Lipinski definition) is 0. The molecule has 3 aromatic heterocycles. The van der Waals surface area contributed by atoms with E-state index in [1.807, 2.05) is 0 Å². The number of aromatic nitrogens is 3. The molecule has 3 aliphatic rings. The Labute approximate surface area is 643 Å². The molecule has 6 heterocycles. The number of anilines is 5. The second-order valence-electron chi connectivity index (χ2n) is 35.9. The highest BCUT2D eigenvalue weighted by molar-refractivity contribution is 7.00. The standard InChI is InChI=1S/C102H95BN6/c1-98(2,3)70-38-36-64(37-39-70)69-52-93-95-94(53-69)109(97-83(67-32-24-18-25-33-67)62-105-63-84(97)68-34-26-19-27-35-68)92-59-76(107-89-56-73(101(10,11)12)42-48-79(89)80-49-43-74(57-90(80)107)102(13,14)15)45-51-86(92)103(95)85-50-44-75(106-87-54-71(99(4,5)6)40-46-77(87)78-47-41-72(55-88(78)106)100(7,8)9)58-91(85)108(93)96-81(65-28-20-16-21-29-65)60-104-61-82(96)66-30-22-17-23-31-66/h16-62,84H,63H2,1-15H3. The van der Waals surface area contributed by atoms with Crippen LogP contribution in [0.3, 0.4) is 0 Å². The summed E-state index contributed by atoms with van der Waals surface area (Å²) in [5, 5.41) is 4.94. The number of aliphatic imine (C=N–C) groups is 1. The summed E-state index contributed by atoms with van der Waals surface area (Å²) >= 11 is 0. The second-order valence-corrected chi connectivity index (χ2v) is 35.9. The van der Waals surface area contributed by atoms with Gasteiger partial charge in [0.1, 0.15) is 0 Å². The van der Waals surface area contributed by atoms with Crippen LogP contribution < -0.4 is 26.2 Å².